The molecule has 0 aliphatic rings. The molecule has 124 valence electrons. The smallest absolute Gasteiger partial charge is 0.237 e. The van der Waals surface area contributed by atoms with E-state index in [2.05, 4.69) is 5.32 Å². The fourth-order valence-corrected chi connectivity index (χ4v) is 2.63. The summed E-state index contributed by atoms with van der Waals surface area (Å²) in [5, 5.41) is 2.96. The van der Waals surface area contributed by atoms with Crippen LogP contribution in [-0.4, -0.2) is 44.2 Å². The standard InChI is InChI=1S/C16H26N2O3S/c1-11(18-16(19)13(17)7-8-22-4)9-12-5-6-14(20-2)15(10-12)21-3/h5-6,10-11,13H,7-9,17H2,1-4H3,(H,18,19)/t11?,13-/m0/s1. The Morgan fingerprint density at radius 3 is 2.59 bits per heavy atom. The molecule has 1 rings (SSSR count). The van der Waals surface area contributed by atoms with Crippen LogP contribution in [-0.2, 0) is 11.2 Å². The van der Waals surface area contributed by atoms with Gasteiger partial charge >= 0.3 is 0 Å². The van der Waals surface area contributed by atoms with Crippen molar-refractivity contribution in [2.45, 2.75) is 31.8 Å². The first-order valence-electron chi connectivity index (χ1n) is 7.27. The van der Waals surface area contributed by atoms with E-state index in [0.717, 1.165) is 11.3 Å². The molecule has 0 saturated carbocycles. The zero-order valence-corrected chi connectivity index (χ0v) is 14.5. The van der Waals surface area contributed by atoms with Crippen LogP contribution in [0, 0.1) is 0 Å². The molecule has 0 saturated heterocycles. The molecule has 5 nitrogen and oxygen atoms in total. The SMILES string of the molecule is COc1ccc(CC(C)NC(=O)[C@@H](N)CCSC)cc1OC. The van der Waals surface area contributed by atoms with E-state index in [0.29, 0.717) is 24.3 Å². The van der Waals surface area contributed by atoms with Crippen molar-refractivity contribution in [2.75, 3.05) is 26.2 Å². The van der Waals surface area contributed by atoms with E-state index in [1.54, 1.807) is 26.0 Å². The molecular formula is C16H26N2O3S. The molecule has 0 heterocycles. The van der Waals surface area contributed by atoms with Gasteiger partial charge in [-0.1, -0.05) is 6.07 Å². The van der Waals surface area contributed by atoms with E-state index in [-0.39, 0.29) is 11.9 Å². The Hall–Kier alpha value is -1.40. The van der Waals surface area contributed by atoms with Gasteiger partial charge in [-0.3, -0.25) is 4.79 Å². The van der Waals surface area contributed by atoms with E-state index < -0.39 is 6.04 Å². The van der Waals surface area contributed by atoms with Crippen molar-refractivity contribution < 1.29 is 14.3 Å². The first-order chi connectivity index (χ1) is 10.5. The second kappa shape index (κ2) is 9.58. The molecule has 0 fully saturated rings. The minimum Gasteiger partial charge on any atom is -0.493 e. The predicted octanol–water partition coefficient (Wildman–Crippen LogP) is 1.83. The summed E-state index contributed by atoms with van der Waals surface area (Å²) in [7, 11) is 3.22. The van der Waals surface area contributed by atoms with Gasteiger partial charge in [0, 0.05) is 6.04 Å². The van der Waals surface area contributed by atoms with Crippen LogP contribution >= 0.6 is 11.8 Å². The van der Waals surface area contributed by atoms with Gasteiger partial charge < -0.3 is 20.5 Å². The van der Waals surface area contributed by atoms with E-state index in [1.807, 2.05) is 31.4 Å². The third-order valence-corrected chi connectivity index (χ3v) is 3.99. The van der Waals surface area contributed by atoms with Crippen LogP contribution in [0.25, 0.3) is 0 Å². The minimum absolute atomic E-state index is 0.00549. The van der Waals surface area contributed by atoms with Gasteiger partial charge in [0.15, 0.2) is 11.5 Å². The van der Waals surface area contributed by atoms with Crippen molar-refractivity contribution in [3.05, 3.63) is 23.8 Å². The maximum absolute atomic E-state index is 12.0. The maximum atomic E-state index is 12.0. The number of nitrogens with one attached hydrogen (secondary N) is 1. The van der Waals surface area contributed by atoms with Crippen LogP contribution in [0.5, 0.6) is 11.5 Å². The lowest BCUT2D eigenvalue weighted by Gasteiger charge is -2.18. The molecule has 1 aromatic carbocycles. The van der Waals surface area contributed by atoms with Crippen LogP contribution in [0.2, 0.25) is 0 Å². The fraction of sp³-hybridized carbons (Fsp3) is 0.562. The molecule has 2 atom stereocenters. The maximum Gasteiger partial charge on any atom is 0.237 e. The Morgan fingerprint density at radius 2 is 2.00 bits per heavy atom. The highest BCUT2D eigenvalue weighted by molar-refractivity contribution is 7.98. The van der Waals surface area contributed by atoms with Gasteiger partial charge in [-0.15, -0.1) is 0 Å². The summed E-state index contributed by atoms with van der Waals surface area (Å²) in [4.78, 5) is 12.0. The molecule has 0 spiro atoms. The number of amides is 1. The molecule has 22 heavy (non-hydrogen) atoms. The number of methoxy groups -OCH3 is 2. The molecule has 1 unspecified atom stereocenters. The number of hydrogen-bond donors (Lipinski definition) is 2. The third kappa shape index (κ3) is 5.77. The lowest BCUT2D eigenvalue weighted by molar-refractivity contribution is -0.122. The Balaban J connectivity index is 2.57. The normalized spacial score (nSPS) is 13.3. The summed E-state index contributed by atoms with van der Waals surface area (Å²) >= 11 is 1.69. The number of rotatable bonds is 9. The first kappa shape index (κ1) is 18.6. The molecule has 0 bridgehead atoms. The number of thioether (sulfide) groups is 1. The minimum atomic E-state index is -0.444. The highest BCUT2D eigenvalue weighted by Crippen LogP contribution is 2.27. The summed E-state index contributed by atoms with van der Waals surface area (Å²) in [5.74, 6) is 2.18. The lowest BCUT2D eigenvalue weighted by Crippen LogP contribution is -2.45. The van der Waals surface area contributed by atoms with Gasteiger partial charge in [-0.05, 0) is 49.5 Å². The number of carbonyl (C=O) groups excluding carboxylic acids is 1. The second-order valence-corrected chi connectivity index (χ2v) is 6.18. The Labute approximate surface area is 136 Å². The van der Waals surface area contributed by atoms with Crippen LogP contribution in [0.15, 0.2) is 18.2 Å². The van der Waals surface area contributed by atoms with Crippen LogP contribution < -0.4 is 20.5 Å². The molecule has 1 aromatic rings. The zero-order valence-electron chi connectivity index (χ0n) is 13.7. The Bertz CT molecular complexity index is 482. The van der Waals surface area contributed by atoms with Crippen molar-refractivity contribution in [3.63, 3.8) is 0 Å². The summed E-state index contributed by atoms with van der Waals surface area (Å²) in [5.41, 5.74) is 6.94. The van der Waals surface area contributed by atoms with E-state index in [1.165, 1.54) is 0 Å². The van der Waals surface area contributed by atoms with Gasteiger partial charge in [-0.2, -0.15) is 11.8 Å². The van der Waals surface area contributed by atoms with Gasteiger partial charge in [-0.25, -0.2) is 0 Å². The average Bonchev–Trinajstić information content (AvgIpc) is 2.52. The Kier molecular flexibility index (Phi) is 8.12. The van der Waals surface area contributed by atoms with Crippen LogP contribution in [0.1, 0.15) is 18.9 Å². The van der Waals surface area contributed by atoms with Gasteiger partial charge in [0.2, 0.25) is 5.91 Å². The van der Waals surface area contributed by atoms with Crippen molar-refractivity contribution in [1.82, 2.24) is 5.32 Å². The van der Waals surface area contributed by atoms with Crippen molar-refractivity contribution in [3.8, 4) is 11.5 Å². The summed E-state index contributed by atoms with van der Waals surface area (Å²) in [6.45, 7) is 1.97. The molecule has 0 radical (unpaired) electrons. The predicted molar refractivity (Wildman–Crippen MR) is 91.8 cm³/mol. The molecular weight excluding hydrogens is 300 g/mol. The van der Waals surface area contributed by atoms with E-state index in [9.17, 15) is 4.79 Å². The summed E-state index contributed by atoms with van der Waals surface area (Å²) in [6, 6.07) is 5.32. The van der Waals surface area contributed by atoms with Gasteiger partial charge in [0.1, 0.15) is 0 Å². The summed E-state index contributed by atoms with van der Waals surface area (Å²) < 4.78 is 10.5. The molecule has 0 aliphatic carbocycles. The number of ether oxygens (including phenoxy) is 2. The number of benzene rings is 1. The van der Waals surface area contributed by atoms with E-state index in [4.69, 9.17) is 15.2 Å². The molecule has 0 aromatic heterocycles. The molecule has 3 N–H and O–H groups in total. The van der Waals surface area contributed by atoms with Crippen molar-refractivity contribution in [2.24, 2.45) is 5.73 Å². The monoisotopic (exact) mass is 326 g/mol. The first-order valence-corrected chi connectivity index (χ1v) is 8.67. The Morgan fingerprint density at radius 1 is 1.32 bits per heavy atom. The largest absolute Gasteiger partial charge is 0.493 e. The number of carbonyl (C=O) groups is 1. The van der Waals surface area contributed by atoms with Crippen LogP contribution in [0.3, 0.4) is 0 Å². The fourth-order valence-electron chi connectivity index (χ4n) is 2.14. The van der Waals surface area contributed by atoms with Crippen molar-refractivity contribution in [1.29, 1.82) is 0 Å². The lowest BCUT2D eigenvalue weighted by atomic mass is 10.1. The highest BCUT2D eigenvalue weighted by Gasteiger charge is 2.16. The van der Waals surface area contributed by atoms with Gasteiger partial charge in [0.25, 0.3) is 0 Å². The quantitative estimate of drug-likeness (QED) is 0.724. The zero-order chi connectivity index (χ0) is 16.5. The summed E-state index contributed by atoms with van der Waals surface area (Å²) in [6.07, 6.45) is 3.40. The van der Waals surface area contributed by atoms with Crippen molar-refractivity contribution >= 4 is 17.7 Å². The topological polar surface area (TPSA) is 73.6 Å². The van der Waals surface area contributed by atoms with E-state index >= 15 is 0 Å². The number of hydrogen-bond acceptors (Lipinski definition) is 5. The second-order valence-electron chi connectivity index (χ2n) is 5.19. The molecule has 0 aliphatic heterocycles. The third-order valence-electron chi connectivity index (χ3n) is 3.35. The average molecular weight is 326 g/mol. The molecule has 6 heteroatoms. The van der Waals surface area contributed by atoms with Crippen LogP contribution in [0.4, 0.5) is 0 Å². The van der Waals surface area contributed by atoms with Gasteiger partial charge in [0.05, 0.1) is 20.3 Å². The highest BCUT2D eigenvalue weighted by atomic mass is 32.2. The number of nitrogens with two attached hydrogens (primary N) is 1. The molecule has 1 amide bonds.